The molecule has 0 unspecified atom stereocenters. The fraction of sp³-hybridized carbons (Fsp3) is 0.0476. The SMILES string of the molecule is Cc1ccsc1S(=O)(=O)NC(=O)Nc1ccc(-n2ccc3cc(N)c(F)cc3c2=O)cc1. The summed E-state index contributed by atoms with van der Waals surface area (Å²) in [7, 11) is -3.98. The molecule has 2 aromatic heterocycles. The van der Waals surface area contributed by atoms with Crippen molar-refractivity contribution in [3.8, 4) is 5.69 Å². The van der Waals surface area contributed by atoms with Crippen molar-refractivity contribution >= 4 is 49.5 Å². The van der Waals surface area contributed by atoms with Gasteiger partial charge in [-0.3, -0.25) is 9.36 Å². The number of nitrogens with one attached hydrogen (secondary N) is 2. The number of rotatable bonds is 4. The molecular formula is C21H17FN4O4S2. The molecule has 4 rings (SSSR count). The van der Waals surface area contributed by atoms with Gasteiger partial charge in [-0.25, -0.2) is 22.3 Å². The van der Waals surface area contributed by atoms with E-state index in [4.69, 9.17) is 5.73 Å². The maximum Gasteiger partial charge on any atom is 0.333 e. The number of nitrogen functional groups attached to an aromatic ring is 1. The number of urea groups is 1. The van der Waals surface area contributed by atoms with Crippen molar-refractivity contribution in [1.82, 2.24) is 9.29 Å². The number of anilines is 2. The van der Waals surface area contributed by atoms with Crippen molar-refractivity contribution in [3.05, 3.63) is 81.8 Å². The Kier molecular flexibility index (Phi) is 5.45. The van der Waals surface area contributed by atoms with Crippen LogP contribution in [0.1, 0.15) is 5.56 Å². The summed E-state index contributed by atoms with van der Waals surface area (Å²) < 4.78 is 41.8. The molecule has 11 heteroatoms. The second-order valence-electron chi connectivity index (χ2n) is 6.95. The minimum atomic E-state index is -3.98. The van der Waals surface area contributed by atoms with Crippen LogP contribution in [0.4, 0.5) is 20.6 Å². The van der Waals surface area contributed by atoms with Gasteiger partial charge in [0.1, 0.15) is 10.0 Å². The van der Waals surface area contributed by atoms with E-state index in [-0.39, 0.29) is 15.3 Å². The molecule has 4 N–H and O–H groups in total. The number of amides is 2. The summed E-state index contributed by atoms with van der Waals surface area (Å²) in [5.74, 6) is -0.675. The third kappa shape index (κ3) is 4.07. The van der Waals surface area contributed by atoms with Gasteiger partial charge >= 0.3 is 6.03 Å². The molecule has 0 spiro atoms. The lowest BCUT2D eigenvalue weighted by atomic mass is 10.1. The average molecular weight is 473 g/mol. The highest BCUT2D eigenvalue weighted by atomic mass is 32.2. The normalized spacial score (nSPS) is 11.4. The highest BCUT2D eigenvalue weighted by molar-refractivity contribution is 7.92. The fourth-order valence-corrected chi connectivity index (χ4v) is 5.48. The van der Waals surface area contributed by atoms with E-state index in [2.05, 4.69) is 5.32 Å². The zero-order valence-corrected chi connectivity index (χ0v) is 18.3. The molecule has 164 valence electrons. The monoisotopic (exact) mass is 472 g/mol. The zero-order chi connectivity index (χ0) is 23.0. The summed E-state index contributed by atoms with van der Waals surface area (Å²) in [4.78, 5) is 24.9. The van der Waals surface area contributed by atoms with Gasteiger partial charge in [0.05, 0.1) is 11.1 Å². The Labute approximate surface area is 186 Å². The number of hydrogen-bond acceptors (Lipinski definition) is 6. The number of sulfonamides is 1. The molecule has 0 bridgehead atoms. The van der Waals surface area contributed by atoms with Gasteiger partial charge in [-0.15, -0.1) is 11.3 Å². The predicted octanol–water partition coefficient (Wildman–Crippen LogP) is 3.59. The smallest absolute Gasteiger partial charge is 0.333 e. The van der Waals surface area contributed by atoms with E-state index < -0.39 is 27.4 Å². The summed E-state index contributed by atoms with van der Waals surface area (Å²) in [6.07, 6.45) is 1.53. The number of fused-ring (bicyclic) bond motifs is 1. The summed E-state index contributed by atoms with van der Waals surface area (Å²) in [5, 5.41) is 4.76. The quantitative estimate of drug-likeness (QED) is 0.392. The number of carbonyl (C=O) groups is 1. The topological polar surface area (TPSA) is 123 Å². The minimum absolute atomic E-state index is 0.0420. The van der Waals surface area contributed by atoms with Crippen LogP contribution in [0.2, 0.25) is 0 Å². The van der Waals surface area contributed by atoms with Gasteiger partial charge in [0, 0.05) is 17.6 Å². The van der Waals surface area contributed by atoms with E-state index in [1.54, 1.807) is 36.6 Å². The number of aryl methyl sites for hydroxylation is 1. The Morgan fingerprint density at radius 2 is 1.84 bits per heavy atom. The lowest BCUT2D eigenvalue weighted by Gasteiger charge is -2.11. The number of carbonyl (C=O) groups excluding carboxylic acids is 1. The van der Waals surface area contributed by atoms with E-state index in [0.717, 1.165) is 17.4 Å². The van der Waals surface area contributed by atoms with Crippen LogP contribution in [0.3, 0.4) is 0 Å². The largest absolute Gasteiger partial charge is 0.396 e. The summed E-state index contributed by atoms with van der Waals surface area (Å²) in [6, 6.07) is 11.0. The average Bonchev–Trinajstić information content (AvgIpc) is 3.17. The van der Waals surface area contributed by atoms with E-state index in [1.165, 1.54) is 29.0 Å². The first-order valence-corrected chi connectivity index (χ1v) is 11.6. The van der Waals surface area contributed by atoms with Crippen LogP contribution in [0.25, 0.3) is 16.5 Å². The Balaban J connectivity index is 1.54. The molecule has 4 aromatic rings. The number of nitrogens with zero attached hydrogens (tertiary/aromatic N) is 1. The van der Waals surface area contributed by atoms with Gasteiger partial charge < -0.3 is 11.1 Å². The molecule has 0 saturated carbocycles. The second kappa shape index (κ2) is 8.09. The first-order chi connectivity index (χ1) is 15.2. The summed E-state index contributed by atoms with van der Waals surface area (Å²) in [6.45, 7) is 1.64. The number of halogens is 1. The molecule has 0 saturated heterocycles. The minimum Gasteiger partial charge on any atom is -0.396 e. The Morgan fingerprint density at radius 3 is 2.50 bits per heavy atom. The number of benzene rings is 2. The summed E-state index contributed by atoms with van der Waals surface area (Å²) >= 11 is 1.01. The number of nitrogens with two attached hydrogens (primary N) is 1. The molecule has 0 atom stereocenters. The fourth-order valence-electron chi connectivity index (χ4n) is 3.15. The Morgan fingerprint density at radius 1 is 1.12 bits per heavy atom. The third-order valence-corrected chi connectivity index (χ3v) is 7.73. The molecule has 8 nitrogen and oxygen atoms in total. The van der Waals surface area contributed by atoms with Crippen molar-refractivity contribution in [2.75, 3.05) is 11.1 Å². The predicted molar refractivity (Wildman–Crippen MR) is 122 cm³/mol. The van der Waals surface area contributed by atoms with Crippen molar-refractivity contribution in [1.29, 1.82) is 0 Å². The number of pyridine rings is 1. The highest BCUT2D eigenvalue weighted by Crippen LogP contribution is 2.22. The first-order valence-electron chi connectivity index (χ1n) is 9.24. The van der Waals surface area contributed by atoms with Crippen LogP contribution in [0.15, 0.2) is 69.1 Å². The van der Waals surface area contributed by atoms with E-state index in [1.807, 2.05) is 4.72 Å². The number of aromatic nitrogens is 1. The molecule has 0 aliphatic carbocycles. The lowest BCUT2D eigenvalue weighted by Crippen LogP contribution is -2.34. The van der Waals surface area contributed by atoms with E-state index >= 15 is 0 Å². The van der Waals surface area contributed by atoms with Crippen molar-refractivity contribution in [3.63, 3.8) is 0 Å². The van der Waals surface area contributed by atoms with E-state index in [9.17, 15) is 22.4 Å². The number of thiophene rings is 1. The van der Waals surface area contributed by atoms with Crippen LogP contribution in [0.5, 0.6) is 0 Å². The van der Waals surface area contributed by atoms with E-state index in [0.29, 0.717) is 22.3 Å². The Hall–Kier alpha value is -3.70. The van der Waals surface area contributed by atoms with Gasteiger partial charge in [-0.2, -0.15) is 0 Å². The third-order valence-electron chi connectivity index (χ3n) is 4.71. The van der Waals surface area contributed by atoms with Gasteiger partial charge in [0.2, 0.25) is 0 Å². The van der Waals surface area contributed by atoms with Gasteiger partial charge in [0.25, 0.3) is 15.6 Å². The number of hydrogen-bond donors (Lipinski definition) is 3. The second-order valence-corrected chi connectivity index (χ2v) is 9.74. The molecule has 2 heterocycles. The molecule has 32 heavy (non-hydrogen) atoms. The maximum atomic E-state index is 13.8. The molecule has 2 aromatic carbocycles. The molecule has 2 amide bonds. The van der Waals surface area contributed by atoms with Crippen LogP contribution >= 0.6 is 11.3 Å². The lowest BCUT2D eigenvalue weighted by molar-refractivity contribution is 0.256. The highest BCUT2D eigenvalue weighted by Gasteiger charge is 2.21. The molecule has 0 aliphatic rings. The van der Waals surface area contributed by atoms with Gasteiger partial charge in [-0.05, 0) is 71.8 Å². The molecule has 0 fully saturated rings. The zero-order valence-electron chi connectivity index (χ0n) is 16.6. The van der Waals surface area contributed by atoms with Crippen LogP contribution < -0.4 is 21.3 Å². The summed E-state index contributed by atoms with van der Waals surface area (Å²) in [5.41, 5.74) is 6.41. The molecular weight excluding hydrogens is 455 g/mol. The van der Waals surface area contributed by atoms with Crippen molar-refractivity contribution < 1.29 is 17.6 Å². The standard InChI is InChI=1S/C21H17FN4O4S2/c1-12-7-9-31-20(12)32(29,30)25-21(28)24-14-2-4-15(5-3-14)26-8-6-13-10-18(23)17(22)11-16(13)19(26)27/h2-11H,23H2,1H3,(H2,24,25,28). The molecule has 0 aliphatic heterocycles. The molecule has 0 radical (unpaired) electrons. The van der Waals surface area contributed by atoms with Gasteiger partial charge in [-0.1, -0.05) is 0 Å². The van der Waals surface area contributed by atoms with Crippen LogP contribution in [0, 0.1) is 12.7 Å². The van der Waals surface area contributed by atoms with Crippen molar-refractivity contribution in [2.45, 2.75) is 11.1 Å². The maximum absolute atomic E-state index is 13.8. The Bertz CT molecular complexity index is 1510. The van der Waals surface area contributed by atoms with Crippen LogP contribution in [-0.4, -0.2) is 19.0 Å². The van der Waals surface area contributed by atoms with Crippen molar-refractivity contribution in [2.24, 2.45) is 0 Å². The first kappa shape index (κ1) is 21.5. The van der Waals surface area contributed by atoms with Gasteiger partial charge in [0.15, 0.2) is 0 Å². The van der Waals surface area contributed by atoms with Crippen LogP contribution in [-0.2, 0) is 10.0 Å².